The van der Waals surface area contributed by atoms with Crippen molar-refractivity contribution < 1.29 is 32.2 Å². The van der Waals surface area contributed by atoms with Crippen molar-refractivity contribution in [2.75, 3.05) is 44.2 Å². The number of benzene rings is 2. The summed E-state index contributed by atoms with van der Waals surface area (Å²) in [6.45, 7) is 6.47. The monoisotopic (exact) mass is 539 g/mol. The third kappa shape index (κ3) is 6.48. The number of cyclic esters (lactones) is 1. The topological polar surface area (TPSA) is 62.3 Å². The van der Waals surface area contributed by atoms with Crippen molar-refractivity contribution in [1.82, 2.24) is 9.80 Å². The van der Waals surface area contributed by atoms with Crippen LogP contribution in [-0.4, -0.2) is 67.4 Å². The van der Waals surface area contributed by atoms with Crippen LogP contribution < -0.4 is 4.90 Å². The van der Waals surface area contributed by atoms with Crippen LogP contribution in [-0.2, 0) is 15.7 Å². The molecule has 200 valence electrons. The van der Waals surface area contributed by atoms with Crippen molar-refractivity contribution in [3.05, 3.63) is 64.7 Å². The number of halogens is 4. The molecule has 2 amide bonds. The van der Waals surface area contributed by atoms with Crippen LogP contribution in [0.3, 0.4) is 0 Å². The van der Waals surface area contributed by atoms with Crippen molar-refractivity contribution in [2.24, 2.45) is 5.92 Å². The van der Waals surface area contributed by atoms with Gasteiger partial charge in [-0.25, -0.2) is 9.59 Å². The molecule has 0 radical (unpaired) electrons. The highest BCUT2D eigenvalue weighted by Crippen LogP contribution is 2.40. The van der Waals surface area contributed by atoms with Gasteiger partial charge in [0.15, 0.2) is 0 Å². The molecule has 0 spiro atoms. The summed E-state index contributed by atoms with van der Waals surface area (Å²) in [6.07, 6.45) is -6.27. The van der Waals surface area contributed by atoms with E-state index in [4.69, 9.17) is 21.1 Å². The Morgan fingerprint density at radius 3 is 2.41 bits per heavy atom. The summed E-state index contributed by atoms with van der Waals surface area (Å²) in [4.78, 5) is 30.3. The summed E-state index contributed by atoms with van der Waals surface area (Å²) >= 11 is 6.00. The Kier molecular flexibility index (Phi) is 8.18. The Morgan fingerprint density at radius 2 is 1.78 bits per heavy atom. The Labute approximate surface area is 218 Å². The molecule has 2 aromatic carbocycles. The third-order valence-electron chi connectivity index (χ3n) is 6.35. The predicted molar refractivity (Wildman–Crippen MR) is 133 cm³/mol. The predicted octanol–water partition coefficient (Wildman–Crippen LogP) is 5.84. The highest BCUT2D eigenvalue weighted by atomic mass is 35.5. The molecule has 2 aromatic rings. The molecule has 2 fully saturated rings. The second-order valence-electron chi connectivity index (χ2n) is 9.60. The highest BCUT2D eigenvalue weighted by molar-refractivity contribution is 6.30. The molecular formula is C26H29ClF3N3O4. The number of carbonyl (C=O) groups excluding carboxylic acids is 2. The number of carbonyl (C=O) groups is 2. The number of nitrogens with zero attached hydrogens (tertiary/aromatic N) is 3. The summed E-state index contributed by atoms with van der Waals surface area (Å²) in [5.74, 6) is 0.235. The zero-order valence-corrected chi connectivity index (χ0v) is 21.3. The molecule has 2 heterocycles. The number of hydrogen-bond donors (Lipinski definition) is 0. The molecule has 4 rings (SSSR count). The smallest absolute Gasteiger partial charge is 0.416 e. The van der Waals surface area contributed by atoms with Gasteiger partial charge < -0.3 is 14.4 Å². The Balaban J connectivity index is 1.54. The van der Waals surface area contributed by atoms with E-state index in [1.54, 1.807) is 35.2 Å². The molecule has 37 heavy (non-hydrogen) atoms. The molecule has 0 aromatic heterocycles. The van der Waals surface area contributed by atoms with E-state index in [1.165, 1.54) is 11.0 Å². The van der Waals surface area contributed by atoms with Gasteiger partial charge in [0.05, 0.1) is 12.2 Å². The first-order valence-corrected chi connectivity index (χ1v) is 12.5. The van der Waals surface area contributed by atoms with Gasteiger partial charge >= 0.3 is 18.4 Å². The maximum atomic E-state index is 13.5. The largest absolute Gasteiger partial charge is 0.449 e. The van der Waals surface area contributed by atoms with Crippen LogP contribution in [0.5, 0.6) is 0 Å². The number of piperazine rings is 1. The van der Waals surface area contributed by atoms with Gasteiger partial charge in [0, 0.05) is 43.4 Å². The van der Waals surface area contributed by atoms with Gasteiger partial charge in [-0.1, -0.05) is 37.6 Å². The SMILES string of the molecule is CC(C)COC(=O)N1CCN(C[C@@H]2OC(=O)N(c3ccc(Cl)cc3)[C@H]2c2cccc(C(F)(F)F)c2)CC1. The van der Waals surface area contributed by atoms with Crippen LogP contribution in [0.2, 0.25) is 5.02 Å². The molecule has 2 saturated heterocycles. The average molecular weight is 540 g/mol. The van der Waals surface area contributed by atoms with Crippen LogP contribution in [0, 0.1) is 5.92 Å². The summed E-state index contributed by atoms with van der Waals surface area (Å²) in [7, 11) is 0. The van der Waals surface area contributed by atoms with Crippen LogP contribution >= 0.6 is 11.6 Å². The lowest BCUT2D eigenvalue weighted by atomic mass is 9.97. The molecule has 0 N–H and O–H groups in total. The van der Waals surface area contributed by atoms with E-state index in [0.717, 1.165) is 12.1 Å². The molecule has 0 unspecified atom stereocenters. The van der Waals surface area contributed by atoms with E-state index in [-0.39, 0.29) is 12.0 Å². The van der Waals surface area contributed by atoms with Gasteiger partial charge in [-0.15, -0.1) is 0 Å². The van der Waals surface area contributed by atoms with E-state index >= 15 is 0 Å². The van der Waals surface area contributed by atoms with Gasteiger partial charge in [0.2, 0.25) is 0 Å². The van der Waals surface area contributed by atoms with Crippen LogP contribution in [0.15, 0.2) is 48.5 Å². The van der Waals surface area contributed by atoms with Gasteiger partial charge in [-0.05, 0) is 47.9 Å². The van der Waals surface area contributed by atoms with Crippen LogP contribution in [0.1, 0.15) is 31.0 Å². The number of rotatable bonds is 6. The first kappa shape index (κ1) is 27.1. The molecule has 7 nitrogen and oxygen atoms in total. The normalized spacial score (nSPS) is 20.9. The van der Waals surface area contributed by atoms with E-state index in [9.17, 15) is 22.8 Å². The first-order chi connectivity index (χ1) is 17.5. The molecule has 0 saturated carbocycles. The Morgan fingerprint density at radius 1 is 1.11 bits per heavy atom. The second kappa shape index (κ2) is 11.2. The zero-order valence-electron chi connectivity index (χ0n) is 20.6. The van der Waals surface area contributed by atoms with Crippen molar-refractivity contribution in [2.45, 2.75) is 32.2 Å². The minimum Gasteiger partial charge on any atom is -0.449 e. The number of alkyl halides is 3. The summed E-state index contributed by atoms with van der Waals surface area (Å²) in [6, 6.07) is 10.7. The van der Waals surface area contributed by atoms with Crippen molar-refractivity contribution in [1.29, 1.82) is 0 Å². The molecule has 0 aliphatic carbocycles. The van der Waals surface area contributed by atoms with Crippen molar-refractivity contribution in [3.8, 4) is 0 Å². The van der Waals surface area contributed by atoms with E-state index in [1.807, 2.05) is 18.7 Å². The minimum absolute atomic E-state index is 0.235. The lowest BCUT2D eigenvalue weighted by molar-refractivity contribution is -0.137. The van der Waals surface area contributed by atoms with E-state index in [2.05, 4.69) is 0 Å². The lowest BCUT2D eigenvalue weighted by Crippen LogP contribution is -2.51. The highest BCUT2D eigenvalue weighted by Gasteiger charge is 2.45. The fourth-order valence-electron chi connectivity index (χ4n) is 4.49. The van der Waals surface area contributed by atoms with Crippen molar-refractivity contribution in [3.63, 3.8) is 0 Å². The number of amides is 2. The van der Waals surface area contributed by atoms with Gasteiger partial charge in [0.25, 0.3) is 0 Å². The first-order valence-electron chi connectivity index (χ1n) is 12.1. The summed E-state index contributed by atoms with van der Waals surface area (Å²) < 4.78 is 51.5. The van der Waals surface area contributed by atoms with Crippen LogP contribution in [0.4, 0.5) is 28.4 Å². The van der Waals surface area contributed by atoms with Crippen LogP contribution in [0.25, 0.3) is 0 Å². The number of hydrogen-bond acceptors (Lipinski definition) is 5. The maximum Gasteiger partial charge on any atom is 0.416 e. The molecule has 2 atom stereocenters. The van der Waals surface area contributed by atoms with Crippen molar-refractivity contribution >= 4 is 29.5 Å². The lowest BCUT2D eigenvalue weighted by Gasteiger charge is -2.36. The number of anilines is 1. The Hall–Kier alpha value is -2.98. The fourth-order valence-corrected chi connectivity index (χ4v) is 4.62. The molecule has 0 bridgehead atoms. The van der Waals surface area contributed by atoms with E-state index < -0.39 is 30.0 Å². The van der Waals surface area contributed by atoms with Gasteiger partial charge in [-0.2, -0.15) is 13.2 Å². The molecule has 2 aliphatic heterocycles. The third-order valence-corrected chi connectivity index (χ3v) is 6.60. The average Bonchev–Trinajstić information content (AvgIpc) is 3.18. The second-order valence-corrected chi connectivity index (χ2v) is 10.0. The number of ether oxygens (including phenoxy) is 2. The quantitative estimate of drug-likeness (QED) is 0.462. The summed E-state index contributed by atoms with van der Waals surface area (Å²) in [5.41, 5.74) is -0.0127. The molecule has 2 aliphatic rings. The Bertz CT molecular complexity index is 1100. The van der Waals surface area contributed by atoms with Gasteiger partial charge in [0.1, 0.15) is 12.1 Å². The minimum atomic E-state index is -4.53. The van der Waals surface area contributed by atoms with E-state index in [0.29, 0.717) is 55.6 Å². The maximum absolute atomic E-state index is 13.5. The zero-order chi connectivity index (χ0) is 26.7. The standard InChI is InChI=1S/C26H29ClF3N3O4/c1-17(2)16-36-24(34)32-12-10-31(11-13-32)15-22-23(18-4-3-5-19(14-18)26(28,29)30)33(25(35)37-22)21-8-6-20(27)7-9-21/h3-9,14,17,22-23H,10-13,15-16H2,1-2H3/t22-,23-/m0/s1. The molecule has 11 heteroatoms. The fraction of sp³-hybridized carbons (Fsp3) is 0.462. The van der Waals surface area contributed by atoms with Gasteiger partial charge in [-0.3, -0.25) is 9.80 Å². The summed E-state index contributed by atoms with van der Waals surface area (Å²) in [5, 5.41) is 0.466. The molecular weight excluding hydrogens is 511 g/mol.